The van der Waals surface area contributed by atoms with E-state index in [2.05, 4.69) is 17.1 Å². The van der Waals surface area contributed by atoms with Crippen LogP contribution in [0.3, 0.4) is 0 Å². The molecule has 0 unspecified atom stereocenters. The van der Waals surface area contributed by atoms with Crippen molar-refractivity contribution >= 4 is 10.8 Å². The molecule has 0 fully saturated rings. The standard InChI is InChI=1S/C11H11NO/c1-13-8-10-4-2-3-9-7-12-6-5-11(9)10/h2-7H,8H2,1H3. The second-order valence-electron chi connectivity index (χ2n) is 2.95. The van der Waals surface area contributed by atoms with Crippen molar-refractivity contribution in [3.8, 4) is 0 Å². The number of ether oxygens (including phenoxy) is 1. The van der Waals surface area contributed by atoms with Gasteiger partial charge in [-0.05, 0) is 17.0 Å². The van der Waals surface area contributed by atoms with Gasteiger partial charge in [0.05, 0.1) is 6.61 Å². The van der Waals surface area contributed by atoms with Gasteiger partial charge in [0.25, 0.3) is 0 Å². The third kappa shape index (κ3) is 1.53. The molecule has 0 N–H and O–H groups in total. The van der Waals surface area contributed by atoms with Crippen LogP contribution in [0.1, 0.15) is 5.56 Å². The summed E-state index contributed by atoms with van der Waals surface area (Å²) in [6, 6.07) is 8.18. The summed E-state index contributed by atoms with van der Waals surface area (Å²) in [5, 5.41) is 2.39. The highest BCUT2D eigenvalue weighted by Gasteiger charge is 1.98. The van der Waals surface area contributed by atoms with Crippen LogP contribution in [0, 0.1) is 0 Å². The average Bonchev–Trinajstić information content (AvgIpc) is 2.19. The molecule has 0 bridgehead atoms. The number of rotatable bonds is 2. The molecule has 0 aliphatic rings. The van der Waals surface area contributed by atoms with E-state index in [0.717, 1.165) is 5.39 Å². The highest BCUT2D eigenvalue weighted by Crippen LogP contribution is 2.17. The predicted octanol–water partition coefficient (Wildman–Crippen LogP) is 2.38. The van der Waals surface area contributed by atoms with Gasteiger partial charge < -0.3 is 4.74 Å². The van der Waals surface area contributed by atoms with Gasteiger partial charge in [0, 0.05) is 24.9 Å². The fraction of sp³-hybridized carbons (Fsp3) is 0.182. The summed E-state index contributed by atoms with van der Waals surface area (Å²) < 4.78 is 5.12. The van der Waals surface area contributed by atoms with Crippen LogP contribution in [0.4, 0.5) is 0 Å². The van der Waals surface area contributed by atoms with Crippen molar-refractivity contribution in [3.63, 3.8) is 0 Å². The normalized spacial score (nSPS) is 10.5. The fourth-order valence-electron chi connectivity index (χ4n) is 1.47. The van der Waals surface area contributed by atoms with Gasteiger partial charge in [-0.15, -0.1) is 0 Å². The highest BCUT2D eigenvalue weighted by atomic mass is 16.5. The molecule has 0 aliphatic carbocycles. The van der Waals surface area contributed by atoms with Crippen LogP contribution in [-0.4, -0.2) is 12.1 Å². The summed E-state index contributed by atoms with van der Waals surface area (Å²) in [7, 11) is 1.71. The van der Waals surface area contributed by atoms with Crippen LogP contribution in [0.15, 0.2) is 36.7 Å². The molecular weight excluding hydrogens is 162 g/mol. The van der Waals surface area contributed by atoms with Crippen molar-refractivity contribution in [1.29, 1.82) is 0 Å². The molecule has 0 spiro atoms. The Kier molecular flexibility index (Phi) is 2.23. The van der Waals surface area contributed by atoms with E-state index in [1.54, 1.807) is 7.11 Å². The lowest BCUT2D eigenvalue weighted by Gasteiger charge is -2.03. The van der Waals surface area contributed by atoms with E-state index in [1.807, 2.05) is 24.5 Å². The van der Waals surface area contributed by atoms with Gasteiger partial charge in [-0.3, -0.25) is 4.98 Å². The van der Waals surface area contributed by atoms with Gasteiger partial charge in [-0.1, -0.05) is 18.2 Å². The summed E-state index contributed by atoms with van der Waals surface area (Å²) in [5.74, 6) is 0. The molecule has 1 aromatic carbocycles. The van der Waals surface area contributed by atoms with Crippen LogP contribution in [-0.2, 0) is 11.3 Å². The first-order valence-electron chi connectivity index (χ1n) is 4.22. The molecule has 2 nitrogen and oxygen atoms in total. The van der Waals surface area contributed by atoms with Crippen molar-refractivity contribution in [3.05, 3.63) is 42.2 Å². The number of hydrogen-bond acceptors (Lipinski definition) is 2. The molecule has 0 amide bonds. The van der Waals surface area contributed by atoms with E-state index in [4.69, 9.17) is 4.74 Å². The zero-order valence-corrected chi connectivity index (χ0v) is 7.53. The van der Waals surface area contributed by atoms with E-state index in [1.165, 1.54) is 10.9 Å². The van der Waals surface area contributed by atoms with Crippen molar-refractivity contribution in [2.45, 2.75) is 6.61 Å². The Labute approximate surface area is 77.2 Å². The summed E-state index contributed by atoms with van der Waals surface area (Å²) in [4.78, 5) is 4.07. The van der Waals surface area contributed by atoms with Gasteiger partial charge in [-0.2, -0.15) is 0 Å². The van der Waals surface area contributed by atoms with E-state index >= 15 is 0 Å². The number of nitrogens with zero attached hydrogens (tertiary/aromatic N) is 1. The maximum Gasteiger partial charge on any atom is 0.0719 e. The third-order valence-electron chi connectivity index (χ3n) is 2.07. The molecule has 0 saturated carbocycles. The number of methoxy groups -OCH3 is 1. The first-order chi connectivity index (χ1) is 6.42. The smallest absolute Gasteiger partial charge is 0.0719 e. The molecule has 2 heteroatoms. The Morgan fingerprint density at radius 1 is 1.31 bits per heavy atom. The molecule has 0 atom stereocenters. The van der Waals surface area contributed by atoms with Crippen LogP contribution in [0.25, 0.3) is 10.8 Å². The second-order valence-corrected chi connectivity index (χ2v) is 2.95. The maximum atomic E-state index is 5.12. The maximum absolute atomic E-state index is 5.12. The molecule has 1 heterocycles. The topological polar surface area (TPSA) is 22.1 Å². The van der Waals surface area contributed by atoms with E-state index in [9.17, 15) is 0 Å². The van der Waals surface area contributed by atoms with Crippen molar-refractivity contribution in [2.24, 2.45) is 0 Å². The number of benzene rings is 1. The number of pyridine rings is 1. The van der Waals surface area contributed by atoms with Gasteiger partial charge in [-0.25, -0.2) is 0 Å². The number of aromatic nitrogens is 1. The Morgan fingerprint density at radius 3 is 3.08 bits per heavy atom. The highest BCUT2D eigenvalue weighted by molar-refractivity contribution is 5.84. The first-order valence-corrected chi connectivity index (χ1v) is 4.22. The average molecular weight is 173 g/mol. The summed E-state index contributed by atoms with van der Waals surface area (Å²) in [5.41, 5.74) is 1.21. The summed E-state index contributed by atoms with van der Waals surface area (Å²) in [6.07, 6.45) is 3.68. The Morgan fingerprint density at radius 2 is 2.23 bits per heavy atom. The third-order valence-corrected chi connectivity index (χ3v) is 2.07. The molecule has 0 saturated heterocycles. The summed E-state index contributed by atoms with van der Waals surface area (Å²) in [6.45, 7) is 0.654. The molecule has 0 radical (unpaired) electrons. The van der Waals surface area contributed by atoms with E-state index in [0.29, 0.717) is 6.61 Å². The molecule has 1 aromatic heterocycles. The Hall–Kier alpha value is -1.41. The predicted molar refractivity (Wildman–Crippen MR) is 52.5 cm³/mol. The number of hydrogen-bond donors (Lipinski definition) is 0. The van der Waals surface area contributed by atoms with E-state index < -0.39 is 0 Å². The Bertz CT molecular complexity index is 406. The van der Waals surface area contributed by atoms with Crippen molar-refractivity contribution in [2.75, 3.05) is 7.11 Å². The Balaban J connectivity index is 2.61. The van der Waals surface area contributed by atoms with Gasteiger partial charge in [0.2, 0.25) is 0 Å². The minimum Gasteiger partial charge on any atom is -0.380 e. The minimum atomic E-state index is 0.654. The molecule has 2 aromatic rings. The van der Waals surface area contributed by atoms with Gasteiger partial charge in [0.1, 0.15) is 0 Å². The van der Waals surface area contributed by atoms with Crippen LogP contribution >= 0.6 is 0 Å². The first kappa shape index (κ1) is 8.20. The molecule has 2 rings (SSSR count). The lowest BCUT2D eigenvalue weighted by Crippen LogP contribution is -1.89. The zero-order valence-electron chi connectivity index (χ0n) is 7.53. The van der Waals surface area contributed by atoms with Crippen molar-refractivity contribution in [1.82, 2.24) is 4.98 Å². The number of fused-ring (bicyclic) bond motifs is 1. The van der Waals surface area contributed by atoms with Gasteiger partial charge in [0.15, 0.2) is 0 Å². The molecule has 0 aliphatic heterocycles. The quantitative estimate of drug-likeness (QED) is 0.695. The lowest BCUT2D eigenvalue weighted by atomic mass is 10.1. The zero-order chi connectivity index (χ0) is 9.10. The molecule has 66 valence electrons. The van der Waals surface area contributed by atoms with Crippen LogP contribution < -0.4 is 0 Å². The molecular formula is C11H11NO. The summed E-state index contributed by atoms with van der Waals surface area (Å²) >= 11 is 0. The second kappa shape index (κ2) is 3.54. The van der Waals surface area contributed by atoms with Gasteiger partial charge >= 0.3 is 0 Å². The lowest BCUT2D eigenvalue weighted by molar-refractivity contribution is 0.186. The fourth-order valence-corrected chi connectivity index (χ4v) is 1.47. The SMILES string of the molecule is COCc1cccc2cnccc12. The van der Waals surface area contributed by atoms with Crippen LogP contribution in [0.2, 0.25) is 0 Å². The largest absolute Gasteiger partial charge is 0.380 e. The minimum absolute atomic E-state index is 0.654. The van der Waals surface area contributed by atoms with E-state index in [-0.39, 0.29) is 0 Å². The monoisotopic (exact) mass is 173 g/mol. The molecule has 13 heavy (non-hydrogen) atoms. The van der Waals surface area contributed by atoms with Crippen molar-refractivity contribution < 1.29 is 4.74 Å². The van der Waals surface area contributed by atoms with Crippen LogP contribution in [0.5, 0.6) is 0 Å².